The molecule has 2 fully saturated rings. The smallest absolute Gasteiger partial charge is 0.254 e. The van der Waals surface area contributed by atoms with Gasteiger partial charge in [0.25, 0.3) is 5.91 Å². The lowest BCUT2D eigenvalue weighted by Gasteiger charge is -2.49. The summed E-state index contributed by atoms with van der Waals surface area (Å²) in [5.41, 5.74) is 1.33. The highest BCUT2D eigenvalue weighted by Crippen LogP contribution is 2.38. The molecule has 2 unspecified atom stereocenters. The molecule has 166 valence electrons. The Kier molecular flexibility index (Phi) is 6.61. The lowest BCUT2D eigenvalue weighted by Crippen LogP contribution is -2.62. The first kappa shape index (κ1) is 22.8. The summed E-state index contributed by atoms with van der Waals surface area (Å²) in [5.74, 6) is 0.713. The summed E-state index contributed by atoms with van der Waals surface area (Å²) in [5, 5.41) is 6.71. The van der Waals surface area contributed by atoms with Crippen molar-refractivity contribution in [2.75, 3.05) is 11.9 Å². The summed E-state index contributed by atoms with van der Waals surface area (Å²) in [6.45, 7) is 13.9. The first-order valence-electron chi connectivity index (χ1n) is 11.5. The van der Waals surface area contributed by atoms with Crippen LogP contribution in [0.15, 0.2) is 24.3 Å². The first-order chi connectivity index (χ1) is 14.0. The Morgan fingerprint density at radius 3 is 2.37 bits per heavy atom. The molecule has 1 heterocycles. The zero-order valence-electron chi connectivity index (χ0n) is 19.5. The fourth-order valence-electron chi connectivity index (χ4n) is 5.09. The van der Waals surface area contributed by atoms with Crippen LogP contribution in [0.1, 0.15) is 84.0 Å². The second-order valence-electron chi connectivity index (χ2n) is 10.7. The fraction of sp³-hybridized carbons (Fsp3) is 0.680. The largest absolute Gasteiger partial charge is 0.336 e. The molecule has 2 aliphatic rings. The highest BCUT2D eigenvalue weighted by atomic mass is 16.2. The van der Waals surface area contributed by atoms with E-state index in [0.29, 0.717) is 17.2 Å². The average Bonchev–Trinajstić information content (AvgIpc) is 3.36. The van der Waals surface area contributed by atoms with Gasteiger partial charge in [0, 0.05) is 40.8 Å². The van der Waals surface area contributed by atoms with Crippen LogP contribution in [0.5, 0.6) is 0 Å². The molecule has 2 amide bonds. The van der Waals surface area contributed by atoms with E-state index in [2.05, 4.69) is 57.1 Å². The topological polar surface area (TPSA) is 61.4 Å². The fourth-order valence-corrected chi connectivity index (χ4v) is 5.09. The van der Waals surface area contributed by atoms with Gasteiger partial charge >= 0.3 is 0 Å². The molecule has 5 nitrogen and oxygen atoms in total. The zero-order chi connectivity index (χ0) is 22.1. The van der Waals surface area contributed by atoms with Gasteiger partial charge in [-0.2, -0.15) is 0 Å². The maximum absolute atomic E-state index is 13.6. The number of benzene rings is 1. The van der Waals surface area contributed by atoms with Crippen molar-refractivity contribution in [3.05, 3.63) is 29.8 Å². The summed E-state index contributed by atoms with van der Waals surface area (Å²) in [6, 6.07) is 7.64. The summed E-state index contributed by atoms with van der Waals surface area (Å²) in [4.78, 5) is 28.0. The number of hydrogen-bond donors (Lipinski definition) is 2. The summed E-state index contributed by atoms with van der Waals surface area (Å²) in [7, 11) is 0. The van der Waals surface area contributed by atoms with Gasteiger partial charge in [-0.3, -0.25) is 9.59 Å². The third kappa shape index (κ3) is 5.63. The number of carbonyl (C=O) groups is 2. The highest BCUT2D eigenvalue weighted by molar-refractivity contribution is 5.98. The monoisotopic (exact) mass is 413 g/mol. The van der Waals surface area contributed by atoms with Crippen LogP contribution in [-0.4, -0.2) is 40.4 Å². The molecule has 0 radical (unpaired) electrons. The quantitative estimate of drug-likeness (QED) is 0.673. The normalized spacial score (nSPS) is 24.9. The molecule has 1 saturated carbocycles. The van der Waals surface area contributed by atoms with E-state index in [1.807, 2.05) is 24.3 Å². The lowest BCUT2D eigenvalue weighted by atomic mass is 9.78. The number of unbranched alkanes of at least 4 members (excludes halogenated alkanes) is 1. The number of nitrogens with zero attached hydrogens (tertiary/aromatic N) is 1. The first-order valence-corrected chi connectivity index (χ1v) is 11.5. The van der Waals surface area contributed by atoms with E-state index in [4.69, 9.17) is 0 Å². The van der Waals surface area contributed by atoms with Crippen molar-refractivity contribution in [1.29, 1.82) is 0 Å². The van der Waals surface area contributed by atoms with E-state index in [1.54, 1.807) is 0 Å². The Bertz CT molecular complexity index is 770. The molecule has 30 heavy (non-hydrogen) atoms. The van der Waals surface area contributed by atoms with Crippen molar-refractivity contribution in [1.82, 2.24) is 10.2 Å². The molecule has 0 bridgehead atoms. The molecule has 2 N–H and O–H groups in total. The molecule has 0 spiro atoms. The van der Waals surface area contributed by atoms with Crippen LogP contribution in [0.2, 0.25) is 0 Å². The second-order valence-corrected chi connectivity index (χ2v) is 10.7. The van der Waals surface area contributed by atoms with Gasteiger partial charge in [-0.1, -0.05) is 26.3 Å². The standard InChI is InChI=1S/C25H39N3O2/c1-7-8-12-28(20-15-24(3,4)27-25(5,6)16-20)23(30)18-10-9-11-19(14-18)26-22(29)21-13-17(21)2/h9-11,14,17,20-21,27H,7-8,12-13,15-16H2,1-6H3,(H,26,29). The molecule has 0 aromatic heterocycles. The Morgan fingerprint density at radius 2 is 1.80 bits per heavy atom. The Hall–Kier alpha value is -1.88. The number of rotatable bonds is 7. The molecule has 1 saturated heterocycles. The van der Waals surface area contributed by atoms with Crippen LogP contribution < -0.4 is 10.6 Å². The minimum Gasteiger partial charge on any atom is -0.336 e. The van der Waals surface area contributed by atoms with Crippen LogP contribution in [0.3, 0.4) is 0 Å². The highest BCUT2D eigenvalue weighted by Gasteiger charge is 2.41. The molecule has 1 aromatic carbocycles. The van der Waals surface area contributed by atoms with Gasteiger partial charge in [0.05, 0.1) is 0 Å². The van der Waals surface area contributed by atoms with Gasteiger partial charge in [-0.05, 0) is 77.5 Å². The number of piperidine rings is 1. The van der Waals surface area contributed by atoms with Crippen molar-refractivity contribution in [3.63, 3.8) is 0 Å². The summed E-state index contributed by atoms with van der Waals surface area (Å²) in [6.07, 6.45) is 4.87. The Balaban J connectivity index is 1.79. The molecule has 1 aliphatic heterocycles. The van der Waals surface area contributed by atoms with Crippen molar-refractivity contribution in [3.8, 4) is 0 Å². The van der Waals surface area contributed by atoms with Gasteiger partial charge in [0.1, 0.15) is 0 Å². The van der Waals surface area contributed by atoms with Gasteiger partial charge in [-0.15, -0.1) is 0 Å². The molecule has 1 aromatic rings. The molecule has 3 rings (SSSR count). The minimum absolute atomic E-state index is 0.0199. The van der Waals surface area contributed by atoms with Crippen LogP contribution in [0.4, 0.5) is 5.69 Å². The third-order valence-electron chi connectivity index (χ3n) is 6.45. The maximum atomic E-state index is 13.6. The van der Waals surface area contributed by atoms with Gasteiger partial charge in [0.15, 0.2) is 0 Å². The van der Waals surface area contributed by atoms with Crippen LogP contribution in [-0.2, 0) is 4.79 Å². The number of amides is 2. The van der Waals surface area contributed by atoms with E-state index in [1.165, 1.54) is 0 Å². The number of carbonyl (C=O) groups excluding carboxylic acids is 2. The van der Waals surface area contributed by atoms with Gasteiger partial charge in [-0.25, -0.2) is 0 Å². The van der Waals surface area contributed by atoms with Crippen molar-refractivity contribution in [2.45, 2.75) is 90.8 Å². The van der Waals surface area contributed by atoms with Gasteiger partial charge in [0.2, 0.25) is 5.91 Å². The second kappa shape index (κ2) is 8.70. The molecule has 5 heteroatoms. The van der Waals surface area contributed by atoms with Crippen molar-refractivity contribution >= 4 is 17.5 Å². The SMILES string of the molecule is CCCCN(C(=O)c1cccc(NC(=O)C2CC2C)c1)C1CC(C)(C)NC(C)(C)C1. The van der Waals surface area contributed by atoms with Crippen molar-refractivity contribution in [2.24, 2.45) is 11.8 Å². The average molecular weight is 414 g/mol. The molecule has 1 aliphatic carbocycles. The van der Waals surface area contributed by atoms with Gasteiger partial charge < -0.3 is 15.5 Å². The Morgan fingerprint density at radius 1 is 1.17 bits per heavy atom. The zero-order valence-corrected chi connectivity index (χ0v) is 19.5. The number of nitrogens with one attached hydrogen (secondary N) is 2. The van der Waals surface area contributed by atoms with Crippen molar-refractivity contribution < 1.29 is 9.59 Å². The van der Waals surface area contributed by atoms with Crippen LogP contribution >= 0.6 is 0 Å². The molecule has 2 atom stereocenters. The summed E-state index contributed by atoms with van der Waals surface area (Å²) >= 11 is 0. The molecular formula is C25H39N3O2. The lowest BCUT2D eigenvalue weighted by molar-refractivity contribution is -0.117. The number of hydrogen-bond acceptors (Lipinski definition) is 3. The minimum atomic E-state index is -0.0199. The summed E-state index contributed by atoms with van der Waals surface area (Å²) < 4.78 is 0. The van der Waals surface area contributed by atoms with E-state index in [-0.39, 0.29) is 34.9 Å². The third-order valence-corrected chi connectivity index (χ3v) is 6.45. The maximum Gasteiger partial charge on any atom is 0.254 e. The Labute approximate surface area is 182 Å². The van der Waals surface area contributed by atoms with Crippen LogP contribution in [0.25, 0.3) is 0 Å². The van der Waals surface area contributed by atoms with E-state index in [9.17, 15) is 9.59 Å². The number of anilines is 1. The van der Waals surface area contributed by atoms with E-state index in [0.717, 1.165) is 38.6 Å². The van der Waals surface area contributed by atoms with E-state index < -0.39 is 0 Å². The predicted molar refractivity (Wildman–Crippen MR) is 123 cm³/mol. The van der Waals surface area contributed by atoms with E-state index >= 15 is 0 Å². The molecular weight excluding hydrogens is 374 g/mol. The predicted octanol–water partition coefficient (Wildman–Crippen LogP) is 4.83. The van der Waals surface area contributed by atoms with Crippen LogP contribution in [0, 0.1) is 11.8 Å².